The van der Waals surface area contributed by atoms with Gasteiger partial charge in [-0.2, -0.15) is 0 Å². The summed E-state index contributed by atoms with van der Waals surface area (Å²) in [5.41, 5.74) is 6.45. The van der Waals surface area contributed by atoms with Gasteiger partial charge in [-0.1, -0.05) is 0 Å². The number of aromatic nitrogens is 1. The third kappa shape index (κ3) is 1.25. The minimum atomic E-state index is -0.424. The number of rotatable bonds is 1. The van der Waals surface area contributed by atoms with Crippen LogP contribution < -0.4 is 10.5 Å². The molecule has 14 heavy (non-hydrogen) atoms. The lowest BCUT2D eigenvalue weighted by Crippen LogP contribution is -1.93. The van der Waals surface area contributed by atoms with Crippen LogP contribution in [-0.2, 0) is 0 Å². The van der Waals surface area contributed by atoms with E-state index in [4.69, 9.17) is 10.5 Å². The third-order valence-corrected chi connectivity index (χ3v) is 2.04. The molecule has 1 heterocycles. The summed E-state index contributed by atoms with van der Waals surface area (Å²) in [6.45, 7) is 0. The summed E-state index contributed by atoms with van der Waals surface area (Å²) >= 11 is 0. The number of nitrogen functional groups attached to an aromatic ring is 1. The lowest BCUT2D eigenvalue weighted by atomic mass is 10.2. The number of hydrogen-bond acceptors (Lipinski definition) is 3. The second kappa shape index (κ2) is 3.14. The van der Waals surface area contributed by atoms with E-state index in [1.807, 2.05) is 0 Å². The van der Waals surface area contributed by atoms with E-state index >= 15 is 0 Å². The SMILES string of the molecule is COc1cc(F)c2nccc(N)c2c1. The molecule has 2 N–H and O–H groups in total. The Balaban J connectivity index is 2.83. The molecule has 0 unspecified atom stereocenters. The van der Waals surface area contributed by atoms with Crippen molar-refractivity contribution < 1.29 is 9.13 Å². The van der Waals surface area contributed by atoms with Crippen molar-refractivity contribution in [2.24, 2.45) is 0 Å². The molecular formula is C10H9FN2O. The second-order valence-corrected chi connectivity index (χ2v) is 2.91. The zero-order chi connectivity index (χ0) is 10.1. The highest BCUT2D eigenvalue weighted by Crippen LogP contribution is 2.26. The Bertz CT molecular complexity index is 485. The molecule has 0 aliphatic carbocycles. The van der Waals surface area contributed by atoms with Crippen LogP contribution in [0, 0.1) is 5.82 Å². The number of pyridine rings is 1. The Morgan fingerprint density at radius 1 is 1.43 bits per heavy atom. The molecule has 0 saturated carbocycles. The first-order valence-corrected chi connectivity index (χ1v) is 4.10. The van der Waals surface area contributed by atoms with E-state index in [0.717, 1.165) is 0 Å². The van der Waals surface area contributed by atoms with Crippen molar-refractivity contribution in [3.8, 4) is 5.75 Å². The van der Waals surface area contributed by atoms with Crippen molar-refractivity contribution in [2.45, 2.75) is 0 Å². The standard InChI is InChI=1S/C10H9FN2O/c1-14-6-4-7-9(12)2-3-13-10(7)8(11)5-6/h2-5H,1H3,(H2,12,13). The summed E-state index contributed by atoms with van der Waals surface area (Å²) in [7, 11) is 1.48. The van der Waals surface area contributed by atoms with Crippen LogP contribution in [-0.4, -0.2) is 12.1 Å². The molecule has 0 aliphatic heterocycles. The zero-order valence-corrected chi connectivity index (χ0v) is 7.62. The molecule has 0 fully saturated rings. The topological polar surface area (TPSA) is 48.1 Å². The van der Waals surface area contributed by atoms with E-state index in [9.17, 15) is 4.39 Å². The average molecular weight is 192 g/mol. The molecule has 1 aromatic carbocycles. The van der Waals surface area contributed by atoms with Crippen LogP contribution in [0.3, 0.4) is 0 Å². The van der Waals surface area contributed by atoms with Crippen LogP contribution in [0.15, 0.2) is 24.4 Å². The molecule has 2 rings (SSSR count). The van der Waals surface area contributed by atoms with E-state index in [1.165, 1.54) is 19.4 Å². The van der Waals surface area contributed by atoms with Crippen molar-refractivity contribution in [2.75, 3.05) is 12.8 Å². The first-order valence-electron chi connectivity index (χ1n) is 4.10. The zero-order valence-electron chi connectivity index (χ0n) is 7.62. The van der Waals surface area contributed by atoms with Crippen LogP contribution in [0.5, 0.6) is 5.75 Å². The van der Waals surface area contributed by atoms with Crippen molar-refractivity contribution in [3.05, 3.63) is 30.2 Å². The smallest absolute Gasteiger partial charge is 0.153 e. The summed E-state index contributed by atoms with van der Waals surface area (Å²) in [6.07, 6.45) is 1.48. The first kappa shape index (κ1) is 8.74. The van der Waals surface area contributed by atoms with Crippen molar-refractivity contribution in [1.82, 2.24) is 4.98 Å². The molecule has 0 spiro atoms. The quantitative estimate of drug-likeness (QED) is 0.751. The Labute approximate surface area is 80.3 Å². The highest BCUT2D eigenvalue weighted by Gasteiger charge is 2.07. The number of ether oxygens (including phenoxy) is 1. The van der Waals surface area contributed by atoms with Gasteiger partial charge in [0, 0.05) is 23.3 Å². The van der Waals surface area contributed by atoms with Crippen molar-refractivity contribution in [1.29, 1.82) is 0 Å². The highest BCUT2D eigenvalue weighted by molar-refractivity contribution is 5.91. The van der Waals surface area contributed by atoms with Gasteiger partial charge in [0.2, 0.25) is 0 Å². The Morgan fingerprint density at radius 2 is 2.21 bits per heavy atom. The normalized spacial score (nSPS) is 10.4. The van der Waals surface area contributed by atoms with E-state index in [1.54, 1.807) is 12.1 Å². The number of halogens is 1. The van der Waals surface area contributed by atoms with Gasteiger partial charge in [-0.3, -0.25) is 4.98 Å². The predicted molar refractivity (Wildman–Crippen MR) is 52.7 cm³/mol. The molecule has 0 bridgehead atoms. The number of fused-ring (bicyclic) bond motifs is 1. The van der Waals surface area contributed by atoms with Gasteiger partial charge in [0.25, 0.3) is 0 Å². The maximum absolute atomic E-state index is 13.4. The maximum Gasteiger partial charge on any atom is 0.153 e. The van der Waals surface area contributed by atoms with Crippen molar-refractivity contribution in [3.63, 3.8) is 0 Å². The van der Waals surface area contributed by atoms with Gasteiger partial charge in [-0.15, -0.1) is 0 Å². The van der Waals surface area contributed by atoms with Crippen LogP contribution in [0.4, 0.5) is 10.1 Å². The predicted octanol–water partition coefficient (Wildman–Crippen LogP) is 1.96. The Kier molecular flexibility index (Phi) is 1.96. The fraction of sp³-hybridized carbons (Fsp3) is 0.100. The fourth-order valence-corrected chi connectivity index (χ4v) is 1.33. The van der Waals surface area contributed by atoms with Crippen LogP contribution >= 0.6 is 0 Å². The summed E-state index contributed by atoms with van der Waals surface area (Å²) in [4.78, 5) is 3.91. The van der Waals surface area contributed by atoms with Gasteiger partial charge in [-0.25, -0.2) is 4.39 Å². The summed E-state index contributed by atoms with van der Waals surface area (Å²) in [6, 6.07) is 4.58. The van der Waals surface area contributed by atoms with Gasteiger partial charge in [0.05, 0.1) is 7.11 Å². The van der Waals surface area contributed by atoms with Gasteiger partial charge >= 0.3 is 0 Å². The van der Waals surface area contributed by atoms with Gasteiger partial charge in [0.15, 0.2) is 5.82 Å². The number of nitrogens with zero attached hydrogens (tertiary/aromatic N) is 1. The third-order valence-electron chi connectivity index (χ3n) is 2.04. The van der Waals surface area contributed by atoms with Gasteiger partial charge < -0.3 is 10.5 Å². The number of benzene rings is 1. The number of methoxy groups -OCH3 is 1. The van der Waals surface area contributed by atoms with Gasteiger partial charge in [0.1, 0.15) is 11.3 Å². The molecule has 4 heteroatoms. The van der Waals surface area contributed by atoms with E-state index in [-0.39, 0.29) is 5.52 Å². The molecule has 3 nitrogen and oxygen atoms in total. The minimum absolute atomic E-state index is 0.269. The van der Waals surface area contributed by atoms with E-state index < -0.39 is 5.82 Å². The van der Waals surface area contributed by atoms with Crippen LogP contribution in [0.25, 0.3) is 10.9 Å². The maximum atomic E-state index is 13.4. The summed E-state index contributed by atoms with van der Waals surface area (Å²) < 4.78 is 18.4. The average Bonchev–Trinajstić information content (AvgIpc) is 2.19. The molecule has 2 aromatic rings. The van der Waals surface area contributed by atoms with Crippen molar-refractivity contribution >= 4 is 16.6 Å². The lowest BCUT2D eigenvalue weighted by molar-refractivity contribution is 0.412. The monoisotopic (exact) mass is 192 g/mol. The number of anilines is 1. The number of hydrogen-bond donors (Lipinski definition) is 1. The molecule has 0 radical (unpaired) electrons. The number of nitrogens with two attached hydrogens (primary N) is 1. The van der Waals surface area contributed by atoms with Gasteiger partial charge in [-0.05, 0) is 12.1 Å². The Hall–Kier alpha value is -1.84. The largest absolute Gasteiger partial charge is 0.497 e. The fourth-order valence-electron chi connectivity index (χ4n) is 1.33. The second-order valence-electron chi connectivity index (χ2n) is 2.91. The lowest BCUT2D eigenvalue weighted by Gasteiger charge is -2.05. The highest BCUT2D eigenvalue weighted by atomic mass is 19.1. The summed E-state index contributed by atoms with van der Waals surface area (Å²) in [5.74, 6) is 0.0151. The molecule has 0 amide bonds. The van der Waals surface area contributed by atoms with Crippen LogP contribution in [0.1, 0.15) is 0 Å². The van der Waals surface area contributed by atoms with E-state index in [0.29, 0.717) is 16.8 Å². The Morgan fingerprint density at radius 3 is 2.93 bits per heavy atom. The molecule has 0 saturated heterocycles. The molecular weight excluding hydrogens is 183 g/mol. The molecule has 1 aromatic heterocycles. The molecule has 0 atom stereocenters. The molecule has 72 valence electrons. The van der Waals surface area contributed by atoms with E-state index in [2.05, 4.69) is 4.98 Å². The summed E-state index contributed by atoms with van der Waals surface area (Å²) in [5, 5.41) is 0.573. The minimum Gasteiger partial charge on any atom is -0.497 e. The first-order chi connectivity index (χ1) is 6.72. The molecule has 0 aliphatic rings. The van der Waals surface area contributed by atoms with Crippen LogP contribution in [0.2, 0.25) is 0 Å².